The van der Waals surface area contributed by atoms with Crippen LogP contribution in [0.5, 0.6) is 0 Å². The first-order valence-electron chi connectivity index (χ1n) is 9.55. The zero-order valence-corrected chi connectivity index (χ0v) is 16.3. The summed E-state index contributed by atoms with van der Waals surface area (Å²) in [5.41, 5.74) is 0. The van der Waals surface area contributed by atoms with Gasteiger partial charge in [0.1, 0.15) is 23.0 Å². The molecule has 2 amide bonds. The highest BCUT2D eigenvalue weighted by Crippen LogP contribution is 2.17. The second kappa shape index (κ2) is 9.26. The van der Waals surface area contributed by atoms with Crippen molar-refractivity contribution in [1.82, 2.24) is 10.2 Å². The van der Waals surface area contributed by atoms with E-state index in [9.17, 15) is 9.59 Å². The molecule has 0 aromatic carbocycles. The molecule has 1 fully saturated rings. The van der Waals surface area contributed by atoms with Gasteiger partial charge in [-0.1, -0.05) is 0 Å². The van der Waals surface area contributed by atoms with Crippen LogP contribution < -0.4 is 5.32 Å². The molecule has 0 unspecified atom stereocenters. The minimum Gasteiger partial charge on any atom is -0.462 e. The lowest BCUT2D eigenvalue weighted by molar-refractivity contribution is -0.127. The standard InChI is InChI=1S/C22H26N2O4/c1-16-3-5-19(27-16)7-9-21(25)23-15-18-11-13-24(14-12-18)22(26)10-8-20-6-4-17(2)28-20/h3-10,18H,11-15H2,1-2H3,(H,23,25)/b9-7+,10-8+. The van der Waals surface area contributed by atoms with Crippen molar-refractivity contribution in [3.8, 4) is 0 Å². The number of aryl methyl sites for hydroxylation is 2. The molecule has 1 aliphatic rings. The van der Waals surface area contributed by atoms with Crippen molar-refractivity contribution in [2.45, 2.75) is 26.7 Å². The van der Waals surface area contributed by atoms with E-state index < -0.39 is 0 Å². The van der Waals surface area contributed by atoms with E-state index in [1.165, 1.54) is 6.08 Å². The van der Waals surface area contributed by atoms with Gasteiger partial charge in [0.05, 0.1) is 0 Å². The maximum Gasteiger partial charge on any atom is 0.246 e. The normalized spacial score (nSPS) is 15.6. The lowest BCUT2D eigenvalue weighted by atomic mass is 9.96. The first-order chi connectivity index (χ1) is 13.5. The zero-order valence-electron chi connectivity index (χ0n) is 16.3. The van der Waals surface area contributed by atoms with Gasteiger partial charge in [0.15, 0.2) is 0 Å². The SMILES string of the molecule is Cc1ccc(/C=C/C(=O)NCC2CCN(C(=O)/C=C/c3ccc(C)o3)CC2)o1. The monoisotopic (exact) mass is 382 g/mol. The summed E-state index contributed by atoms with van der Waals surface area (Å²) in [6, 6.07) is 7.40. The predicted octanol–water partition coefficient (Wildman–Crippen LogP) is 3.57. The molecule has 1 N–H and O–H groups in total. The van der Waals surface area contributed by atoms with Crippen LogP contribution in [-0.4, -0.2) is 36.3 Å². The molecular weight excluding hydrogens is 356 g/mol. The smallest absolute Gasteiger partial charge is 0.246 e. The molecule has 0 bridgehead atoms. The topological polar surface area (TPSA) is 75.7 Å². The van der Waals surface area contributed by atoms with Gasteiger partial charge in [0, 0.05) is 31.8 Å². The molecule has 3 heterocycles. The summed E-state index contributed by atoms with van der Waals surface area (Å²) in [6.07, 6.45) is 8.16. The number of rotatable bonds is 6. The highest BCUT2D eigenvalue weighted by atomic mass is 16.3. The molecule has 1 saturated heterocycles. The van der Waals surface area contributed by atoms with Gasteiger partial charge in [-0.15, -0.1) is 0 Å². The summed E-state index contributed by atoms with van der Waals surface area (Å²) < 4.78 is 10.8. The first kappa shape index (κ1) is 19.7. The van der Waals surface area contributed by atoms with E-state index in [4.69, 9.17) is 8.83 Å². The van der Waals surface area contributed by atoms with Crippen molar-refractivity contribution in [2.24, 2.45) is 5.92 Å². The van der Waals surface area contributed by atoms with Gasteiger partial charge in [-0.2, -0.15) is 0 Å². The van der Waals surface area contributed by atoms with Crippen LogP contribution in [0.15, 0.2) is 45.3 Å². The fourth-order valence-corrected chi connectivity index (χ4v) is 3.16. The molecule has 1 aliphatic heterocycles. The minimum absolute atomic E-state index is 0.00628. The van der Waals surface area contributed by atoms with Crippen LogP contribution in [-0.2, 0) is 9.59 Å². The number of carbonyl (C=O) groups excluding carboxylic acids is 2. The fourth-order valence-electron chi connectivity index (χ4n) is 3.16. The summed E-state index contributed by atoms with van der Waals surface area (Å²) in [4.78, 5) is 26.1. The van der Waals surface area contributed by atoms with E-state index in [1.807, 2.05) is 43.0 Å². The molecule has 148 valence electrons. The van der Waals surface area contributed by atoms with Crippen LogP contribution in [0.1, 0.15) is 35.9 Å². The minimum atomic E-state index is -0.135. The van der Waals surface area contributed by atoms with E-state index >= 15 is 0 Å². The first-order valence-corrected chi connectivity index (χ1v) is 9.55. The van der Waals surface area contributed by atoms with E-state index in [-0.39, 0.29) is 11.8 Å². The Bertz CT molecular complexity index is 867. The average Bonchev–Trinajstić information content (AvgIpc) is 3.31. The van der Waals surface area contributed by atoms with Gasteiger partial charge in [-0.05, 0) is 69.0 Å². The molecule has 28 heavy (non-hydrogen) atoms. The van der Waals surface area contributed by atoms with E-state index in [0.717, 1.165) is 24.4 Å². The number of nitrogens with one attached hydrogen (secondary N) is 1. The highest BCUT2D eigenvalue weighted by Gasteiger charge is 2.21. The molecule has 6 nitrogen and oxygen atoms in total. The van der Waals surface area contributed by atoms with Crippen molar-refractivity contribution in [1.29, 1.82) is 0 Å². The number of hydrogen-bond donors (Lipinski definition) is 1. The number of carbonyl (C=O) groups is 2. The van der Waals surface area contributed by atoms with Crippen molar-refractivity contribution < 1.29 is 18.4 Å². The van der Waals surface area contributed by atoms with E-state index in [2.05, 4.69) is 5.32 Å². The molecule has 0 saturated carbocycles. The number of hydrogen-bond acceptors (Lipinski definition) is 4. The van der Waals surface area contributed by atoms with Crippen LogP contribution in [0.2, 0.25) is 0 Å². The molecule has 0 atom stereocenters. The summed E-state index contributed by atoms with van der Waals surface area (Å²) in [5, 5.41) is 2.93. The maximum absolute atomic E-state index is 12.3. The lowest BCUT2D eigenvalue weighted by Gasteiger charge is -2.31. The number of piperidine rings is 1. The third kappa shape index (κ3) is 5.74. The Hall–Kier alpha value is -3.02. The largest absolute Gasteiger partial charge is 0.462 e. The fraction of sp³-hybridized carbons (Fsp3) is 0.364. The Labute approximate surface area is 164 Å². The molecular formula is C22H26N2O4. The predicted molar refractivity (Wildman–Crippen MR) is 107 cm³/mol. The van der Waals surface area contributed by atoms with Crippen molar-refractivity contribution in [2.75, 3.05) is 19.6 Å². The number of likely N-dealkylation sites (tertiary alicyclic amines) is 1. The van der Waals surface area contributed by atoms with Crippen LogP contribution in [0.25, 0.3) is 12.2 Å². The molecule has 0 radical (unpaired) electrons. The van der Waals surface area contributed by atoms with Gasteiger partial charge in [-0.3, -0.25) is 9.59 Å². The Kier molecular flexibility index (Phi) is 6.53. The van der Waals surface area contributed by atoms with Gasteiger partial charge < -0.3 is 19.1 Å². The molecule has 2 aromatic rings. The summed E-state index contributed by atoms with van der Waals surface area (Å²) in [5.74, 6) is 3.22. The lowest BCUT2D eigenvalue weighted by Crippen LogP contribution is -2.40. The Morgan fingerprint density at radius 3 is 2.11 bits per heavy atom. The second-order valence-electron chi connectivity index (χ2n) is 7.08. The van der Waals surface area contributed by atoms with Crippen molar-refractivity contribution in [3.63, 3.8) is 0 Å². The van der Waals surface area contributed by atoms with Gasteiger partial charge >= 0.3 is 0 Å². The van der Waals surface area contributed by atoms with Gasteiger partial charge in [0.25, 0.3) is 0 Å². The van der Waals surface area contributed by atoms with Crippen LogP contribution in [0, 0.1) is 19.8 Å². The van der Waals surface area contributed by atoms with E-state index in [1.54, 1.807) is 18.2 Å². The molecule has 3 rings (SSSR count). The third-order valence-corrected chi connectivity index (χ3v) is 4.80. The molecule has 0 aliphatic carbocycles. The Morgan fingerprint density at radius 1 is 1.00 bits per heavy atom. The Balaban J connectivity index is 1.37. The number of nitrogens with zero attached hydrogens (tertiary/aromatic N) is 1. The zero-order chi connectivity index (χ0) is 19.9. The van der Waals surface area contributed by atoms with Crippen LogP contribution >= 0.6 is 0 Å². The summed E-state index contributed by atoms with van der Waals surface area (Å²) in [7, 11) is 0. The highest BCUT2D eigenvalue weighted by molar-refractivity contribution is 5.92. The molecule has 2 aromatic heterocycles. The Morgan fingerprint density at radius 2 is 1.57 bits per heavy atom. The second-order valence-corrected chi connectivity index (χ2v) is 7.08. The maximum atomic E-state index is 12.3. The van der Waals surface area contributed by atoms with Crippen LogP contribution in [0.3, 0.4) is 0 Å². The van der Waals surface area contributed by atoms with E-state index in [0.29, 0.717) is 37.1 Å². The third-order valence-electron chi connectivity index (χ3n) is 4.80. The molecule has 0 spiro atoms. The summed E-state index contributed by atoms with van der Waals surface area (Å²) in [6.45, 7) is 5.74. The van der Waals surface area contributed by atoms with Gasteiger partial charge in [-0.25, -0.2) is 0 Å². The average molecular weight is 382 g/mol. The van der Waals surface area contributed by atoms with Gasteiger partial charge in [0.2, 0.25) is 11.8 Å². The van der Waals surface area contributed by atoms with Crippen molar-refractivity contribution >= 4 is 24.0 Å². The van der Waals surface area contributed by atoms with Crippen LogP contribution in [0.4, 0.5) is 0 Å². The number of amides is 2. The number of furan rings is 2. The summed E-state index contributed by atoms with van der Waals surface area (Å²) >= 11 is 0. The molecule has 6 heteroatoms. The van der Waals surface area contributed by atoms with Crippen molar-refractivity contribution in [3.05, 3.63) is 59.5 Å². The quantitative estimate of drug-likeness (QED) is 0.775.